The quantitative estimate of drug-likeness (QED) is 0.804. The molecule has 3 nitrogen and oxygen atoms in total. The first-order chi connectivity index (χ1) is 7.84. The van der Waals surface area contributed by atoms with E-state index in [0.717, 1.165) is 38.4 Å². The highest BCUT2D eigenvalue weighted by Gasteiger charge is 2.38. The van der Waals surface area contributed by atoms with Gasteiger partial charge in [-0.1, -0.05) is 13.8 Å². The Hall–Kier alpha value is -0.570. The minimum absolute atomic E-state index is 0.293. The van der Waals surface area contributed by atoms with Crippen LogP contribution in [0.3, 0.4) is 0 Å². The lowest BCUT2D eigenvalue weighted by molar-refractivity contribution is -0.151. The molecule has 1 atom stereocenters. The van der Waals surface area contributed by atoms with Crippen molar-refractivity contribution in [1.82, 2.24) is 4.90 Å². The van der Waals surface area contributed by atoms with E-state index >= 15 is 0 Å². The highest BCUT2D eigenvalue weighted by atomic mass is 16.4. The fraction of sp³-hybridized carbons (Fsp3) is 0.929. The van der Waals surface area contributed by atoms with Crippen LogP contribution in [0.25, 0.3) is 0 Å². The van der Waals surface area contributed by atoms with Crippen LogP contribution < -0.4 is 0 Å². The number of hydrogen-bond donors (Lipinski definition) is 1. The zero-order valence-corrected chi connectivity index (χ0v) is 11.7. The average molecular weight is 241 g/mol. The Morgan fingerprint density at radius 3 is 2.65 bits per heavy atom. The molecule has 0 aliphatic carbocycles. The van der Waals surface area contributed by atoms with E-state index in [1.165, 1.54) is 6.42 Å². The van der Waals surface area contributed by atoms with Crippen molar-refractivity contribution in [3.8, 4) is 0 Å². The van der Waals surface area contributed by atoms with Gasteiger partial charge in [0.05, 0.1) is 5.41 Å². The molecule has 1 aliphatic heterocycles. The second kappa shape index (κ2) is 5.85. The number of likely N-dealkylation sites (tertiary alicyclic amines) is 1. The highest BCUT2D eigenvalue weighted by Crippen LogP contribution is 2.34. The molecule has 3 heteroatoms. The minimum Gasteiger partial charge on any atom is -0.481 e. The molecular formula is C14H27NO2. The summed E-state index contributed by atoms with van der Waals surface area (Å²) in [7, 11) is 0. The summed E-state index contributed by atoms with van der Waals surface area (Å²) in [4.78, 5) is 13.7. The Bertz CT molecular complexity index is 261. The van der Waals surface area contributed by atoms with Gasteiger partial charge >= 0.3 is 5.97 Å². The SMILES string of the molecule is CC(C)CCN1CCCC(C(C)(C)C(=O)O)C1. The molecule has 17 heavy (non-hydrogen) atoms. The molecule has 1 heterocycles. The monoisotopic (exact) mass is 241 g/mol. The lowest BCUT2D eigenvalue weighted by atomic mass is 9.74. The van der Waals surface area contributed by atoms with E-state index in [0.29, 0.717) is 5.92 Å². The fourth-order valence-corrected chi connectivity index (χ4v) is 2.46. The molecule has 1 saturated heterocycles. The van der Waals surface area contributed by atoms with Crippen LogP contribution in [0, 0.1) is 17.3 Å². The minimum atomic E-state index is -0.659. The lowest BCUT2D eigenvalue weighted by Gasteiger charge is -2.39. The molecule has 0 aromatic heterocycles. The van der Waals surface area contributed by atoms with Gasteiger partial charge in [-0.2, -0.15) is 0 Å². The van der Waals surface area contributed by atoms with Gasteiger partial charge in [0, 0.05) is 6.54 Å². The molecule has 0 aromatic carbocycles. The zero-order valence-electron chi connectivity index (χ0n) is 11.7. The van der Waals surface area contributed by atoms with Gasteiger partial charge in [0.2, 0.25) is 0 Å². The molecule has 1 N–H and O–H groups in total. The number of piperidine rings is 1. The van der Waals surface area contributed by atoms with Gasteiger partial charge < -0.3 is 10.0 Å². The van der Waals surface area contributed by atoms with E-state index < -0.39 is 11.4 Å². The molecule has 1 rings (SSSR count). The van der Waals surface area contributed by atoms with E-state index in [2.05, 4.69) is 18.7 Å². The van der Waals surface area contributed by atoms with Gasteiger partial charge in [-0.15, -0.1) is 0 Å². The van der Waals surface area contributed by atoms with Crippen molar-refractivity contribution in [2.24, 2.45) is 17.3 Å². The number of aliphatic carboxylic acids is 1. The van der Waals surface area contributed by atoms with Crippen molar-refractivity contribution in [3.05, 3.63) is 0 Å². The van der Waals surface area contributed by atoms with Gasteiger partial charge in [0.1, 0.15) is 0 Å². The van der Waals surface area contributed by atoms with E-state index in [4.69, 9.17) is 0 Å². The molecule has 0 aromatic rings. The summed E-state index contributed by atoms with van der Waals surface area (Å²) < 4.78 is 0. The Morgan fingerprint density at radius 2 is 2.12 bits per heavy atom. The third-order valence-electron chi connectivity index (χ3n) is 4.10. The van der Waals surface area contributed by atoms with Crippen molar-refractivity contribution in [3.63, 3.8) is 0 Å². The summed E-state index contributed by atoms with van der Waals surface area (Å²) in [6.45, 7) is 11.4. The van der Waals surface area contributed by atoms with Crippen molar-refractivity contribution >= 4 is 5.97 Å². The normalized spacial score (nSPS) is 23.0. The summed E-state index contributed by atoms with van der Waals surface area (Å²) in [5, 5.41) is 9.28. The Morgan fingerprint density at radius 1 is 1.47 bits per heavy atom. The van der Waals surface area contributed by atoms with Gasteiger partial charge in [-0.25, -0.2) is 0 Å². The first-order valence-corrected chi connectivity index (χ1v) is 6.79. The summed E-state index contributed by atoms with van der Waals surface area (Å²) in [5.74, 6) is 0.358. The first kappa shape index (κ1) is 14.5. The average Bonchev–Trinajstić information content (AvgIpc) is 2.26. The van der Waals surface area contributed by atoms with Crippen molar-refractivity contribution < 1.29 is 9.90 Å². The summed E-state index contributed by atoms with van der Waals surface area (Å²) in [6.07, 6.45) is 3.40. The molecule has 100 valence electrons. The number of carboxylic acid groups (broad SMARTS) is 1. The molecular weight excluding hydrogens is 214 g/mol. The van der Waals surface area contributed by atoms with Gasteiger partial charge in [-0.05, 0) is 58.0 Å². The predicted octanol–water partition coefficient (Wildman–Crippen LogP) is 2.86. The maximum absolute atomic E-state index is 11.3. The molecule has 0 spiro atoms. The van der Waals surface area contributed by atoms with Gasteiger partial charge in [0.15, 0.2) is 0 Å². The van der Waals surface area contributed by atoms with E-state index in [-0.39, 0.29) is 0 Å². The largest absolute Gasteiger partial charge is 0.481 e. The van der Waals surface area contributed by atoms with Crippen molar-refractivity contribution in [1.29, 1.82) is 0 Å². The second-order valence-electron chi connectivity index (χ2n) is 6.35. The Kier molecular flexibility index (Phi) is 4.99. The third kappa shape index (κ3) is 3.98. The second-order valence-corrected chi connectivity index (χ2v) is 6.35. The van der Waals surface area contributed by atoms with Crippen LogP contribution in [-0.2, 0) is 4.79 Å². The van der Waals surface area contributed by atoms with Crippen LogP contribution in [-0.4, -0.2) is 35.6 Å². The van der Waals surface area contributed by atoms with Crippen LogP contribution in [0.2, 0.25) is 0 Å². The molecule has 0 amide bonds. The molecule has 1 aliphatic rings. The highest BCUT2D eigenvalue weighted by molar-refractivity contribution is 5.74. The number of hydrogen-bond acceptors (Lipinski definition) is 2. The number of rotatable bonds is 5. The standard InChI is InChI=1S/C14H27NO2/c1-11(2)7-9-15-8-5-6-12(10-15)14(3,4)13(16)17/h11-12H,5-10H2,1-4H3,(H,16,17). The summed E-state index contributed by atoms with van der Waals surface area (Å²) in [6, 6.07) is 0. The molecule has 0 bridgehead atoms. The van der Waals surface area contributed by atoms with E-state index in [1.807, 2.05) is 13.8 Å². The molecule has 1 fully saturated rings. The maximum Gasteiger partial charge on any atom is 0.309 e. The number of nitrogens with zero attached hydrogens (tertiary/aromatic N) is 1. The predicted molar refractivity (Wildman–Crippen MR) is 70.0 cm³/mol. The molecule has 1 unspecified atom stereocenters. The van der Waals surface area contributed by atoms with E-state index in [1.54, 1.807) is 0 Å². The van der Waals surface area contributed by atoms with Gasteiger partial charge in [-0.3, -0.25) is 4.79 Å². The van der Waals surface area contributed by atoms with E-state index in [9.17, 15) is 9.90 Å². The van der Waals surface area contributed by atoms with Crippen molar-refractivity contribution in [2.75, 3.05) is 19.6 Å². The van der Waals surface area contributed by atoms with Crippen molar-refractivity contribution in [2.45, 2.75) is 47.0 Å². The fourth-order valence-electron chi connectivity index (χ4n) is 2.46. The lowest BCUT2D eigenvalue weighted by Crippen LogP contribution is -2.45. The topological polar surface area (TPSA) is 40.5 Å². The maximum atomic E-state index is 11.3. The molecule has 0 radical (unpaired) electrons. The summed E-state index contributed by atoms with van der Waals surface area (Å²) >= 11 is 0. The van der Waals surface area contributed by atoms with Crippen LogP contribution in [0.5, 0.6) is 0 Å². The molecule has 0 saturated carbocycles. The number of carboxylic acids is 1. The van der Waals surface area contributed by atoms with Crippen LogP contribution in [0.1, 0.15) is 47.0 Å². The van der Waals surface area contributed by atoms with Crippen LogP contribution in [0.15, 0.2) is 0 Å². The smallest absolute Gasteiger partial charge is 0.309 e. The Balaban J connectivity index is 2.51. The summed E-state index contributed by atoms with van der Waals surface area (Å²) in [5.41, 5.74) is -0.587. The van der Waals surface area contributed by atoms with Crippen LogP contribution >= 0.6 is 0 Å². The zero-order chi connectivity index (χ0) is 13.1. The number of carbonyl (C=O) groups is 1. The Labute approximate surface area is 105 Å². The first-order valence-electron chi connectivity index (χ1n) is 6.79. The third-order valence-corrected chi connectivity index (χ3v) is 4.10. The van der Waals surface area contributed by atoms with Gasteiger partial charge in [0.25, 0.3) is 0 Å². The van der Waals surface area contributed by atoms with Crippen LogP contribution in [0.4, 0.5) is 0 Å².